The van der Waals surface area contributed by atoms with E-state index in [1.54, 1.807) is 4.68 Å². The molecule has 0 bridgehead atoms. The van der Waals surface area contributed by atoms with Gasteiger partial charge in [-0.3, -0.25) is 4.79 Å². The molecule has 0 spiro atoms. The van der Waals surface area contributed by atoms with Gasteiger partial charge in [0.2, 0.25) is 0 Å². The van der Waals surface area contributed by atoms with Gasteiger partial charge in [0, 0.05) is 19.1 Å². The molecule has 0 aromatic carbocycles. The second-order valence-corrected chi connectivity index (χ2v) is 5.17. The molecule has 18 heavy (non-hydrogen) atoms. The summed E-state index contributed by atoms with van der Waals surface area (Å²) < 4.78 is 6.99. The molecule has 1 aliphatic carbocycles. The average molecular weight is 252 g/mol. The molecule has 1 saturated heterocycles. The van der Waals surface area contributed by atoms with E-state index < -0.39 is 11.4 Å². The molecule has 7 heteroatoms. The molecule has 0 unspecified atom stereocenters. The standard InChI is InChI=1S/C11H16N4O3/c16-10(17)11(3-4-11)7-15-9(12-13-14-15)8-1-5-18-6-2-8/h8H,1-7H2,(H,16,17). The molecule has 98 valence electrons. The summed E-state index contributed by atoms with van der Waals surface area (Å²) in [6.45, 7) is 1.84. The molecular formula is C11H16N4O3. The molecule has 1 aromatic rings. The predicted molar refractivity (Wildman–Crippen MR) is 59.9 cm³/mol. The first-order valence-corrected chi connectivity index (χ1v) is 6.28. The molecule has 2 fully saturated rings. The van der Waals surface area contributed by atoms with Crippen LogP contribution in [0.1, 0.15) is 37.4 Å². The van der Waals surface area contributed by atoms with E-state index >= 15 is 0 Å². The lowest BCUT2D eigenvalue weighted by atomic mass is 9.99. The van der Waals surface area contributed by atoms with Gasteiger partial charge in [-0.25, -0.2) is 4.68 Å². The van der Waals surface area contributed by atoms with Gasteiger partial charge in [-0.05, 0) is 36.1 Å². The van der Waals surface area contributed by atoms with Crippen molar-refractivity contribution in [2.24, 2.45) is 5.41 Å². The Balaban J connectivity index is 1.77. The number of tetrazole rings is 1. The Morgan fingerprint density at radius 3 is 2.78 bits per heavy atom. The van der Waals surface area contributed by atoms with Crippen LogP contribution in [0.15, 0.2) is 0 Å². The van der Waals surface area contributed by atoms with Crippen LogP contribution in [0.2, 0.25) is 0 Å². The summed E-state index contributed by atoms with van der Waals surface area (Å²) >= 11 is 0. The van der Waals surface area contributed by atoms with Gasteiger partial charge in [0.25, 0.3) is 0 Å². The molecule has 0 radical (unpaired) electrons. The molecule has 3 rings (SSSR count). The largest absolute Gasteiger partial charge is 0.481 e. The van der Waals surface area contributed by atoms with E-state index in [0.29, 0.717) is 12.5 Å². The maximum absolute atomic E-state index is 11.2. The zero-order chi connectivity index (χ0) is 12.6. The molecule has 2 aliphatic rings. The Kier molecular flexibility index (Phi) is 2.77. The van der Waals surface area contributed by atoms with Gasteiger partial charge in [0.15, 0.2) is 5.82 Å². The number of nitrogens with zero attached hydrogens (tertiary/aromatic N) is 4. The van der Waals surface area contributed by atoms with Crippen LogP contribution in [-0.4, -0.2) is 44.5 Å². The minimum atomic E-state index is -0.740. The zero-order valence-electron chi connectivity index (χ0n) is 10.1. The van der Waals surface area contributed by atoms with Crippen molar-refractivity contribution in [3.8, 4) is 0 Å². The molecular weight excluding hydrogens is 236 g/mol. The lowest BCUT2D eigenvalue weighted by Crippen LogP contribution is -2.25. The number of carbonyl (C=O) groups is 1. The minimum Gasteiger partial charge on any atom is -0.481 e. The van der Waals surface area contributed by atoms with E-state index in [9.17, 15) is 9.90 Å². The lowest BCUT2D eigenvalue weighted by molar-refractivity contribution is -0.144. The summed E-state index contributed by atoms with van der Waals surface area (Å²) in [7, 11) is 0. The molecule has 1 aliphatic heterocycles. The molecule has 0 amide bonds. The average Bonchev–Trinajstić information content (AvgIpc) is 3.02. The maximum Gasteiger partial charge on any atom is 0.311 e. The fourth-order valence-corrected chi connectivity index (χ4v) is 2.45. The van der Waals surface area contributed by atoms with Gasteiger partial charge >= 0.3 is 5.97 Å². The number of hydrogen-bond acceptors (Lipinski definition) is 5. The third kappa shape index (κ3) is 1.98. The normalized spacial score (nSPS) is 22.9. The summed E-state index contributed by atoms with van der Waals surface area (Å²) in [4.78, 5) is 11.2. The van der Waals surface area contributed by atoms with Crippen molar-refractivity contribution in [1.29, 1.82) is 0 Å². The third-order valence-electron chi connectivity index (χ3n) is 3.91. The monoisotopic (exact) mass is 252 g/mol. The first-order valence-electron chi connectivity index (χ1n) is 6.28. The number of carboxylic acids is 1. The topological polar surface area (TPSA) is 90.1 Å². The smallest absolute Gasteiger partial charge is 0.311 e. The van der Waals surface area contributed by atoms with Crippen molar-refractivity contribution >= 4 is 5.97 Å². The Hall–Kier alpha value is -1.50. The fourth-order valence-electron chi connectivity index (χ4n) is 2.45. The SMILES string of the molecule is O=C(O)C1(Cn2nnnc2C2CCOCC2)CC1. The second-order valence-electron chi connectivity index (χ2n) is 5.17. The Bertz CT molecular complexity index is 449. The van der Waals surface area contributed by atoms with Crippen molar-refractivity contribution in [2.75, 3.05) is 13.2 Å². The van der Waals surface area contributed by atoms with Crippen LogP contribution in [0.4, 0.5) is 0 Å². The molecule has 1 N–H and O–H groups in total. The van der Waals surface area contributed by atoms with Crippen molar-refractivity contribution in [3.63, 3.8) is 0 Å². The number of ether oxygens (including phenoxy) is 1. The van der Waals surface area contributed by atoms with E-state index in [4.69, 9.17) is 4.74 Å². The van der Waals surface area contributed by atoms with Gasteiger partial charge in [0.05, 0.1) is 12.0 Å². The van der Waals surface area contributed by atoms with Crippen molar-refractivity contribution in [2.45, 2.75) is 38.1 Å². The number of aliphatic carboxylic acids is 1. The summed E-state index contributed by atoms with van der Waals surface area (Å²) in [5.74, 6) is 0.361. The second kappa shape index (κ2) is 4.31. The number of hydrogen-bond donors (Lipinski definition) is 1. The van der Waals surface area contributed by atoms with Crippen LogP contribution < -0.4 is 0 Å². The molecule has 1 aromatic heterocycles. The molecule has 2 heterocycles. The summed E-state index contributed by atoms with van der Waals surface area (Å²) in [6, 6.07) is 0. The highest BCUT2D eigenvalue weighted by molar-refractivity contribution is 5.77. The highest BCUT2D eigenvalue weighted by Crippen LogP contribution is 2.47. The number of rotatable bonds is 4. The Labute approximate surface area is 104 Å². The zero-order valence-corrected chi connectivity index (χ0v) is 10.1. The van der Waals surface area contributed by atoms with Gasteiger partial charge < -0.3 is 9.84 Å². The van der Waals surface area contributed by atoms with Gasteiger partial charge in [0.1, 0.15) is 0 Å². The van der Waals surface area contributed by atoms with E-state index in [-0.39, 0.29) is 0 Å². The summed E-state index contributed by atoms with van der Waals surface area (Å²) in [5.41, 5.74) is -0.630. The van der Waals surface area contributed by atoms with E-state index in [0.717, 1.165) is 44.7 Å². The fraction of sp³-hybridized carbons (Fsp3) is 0.818. The first kappa shape index (κ1) is 11.6. The van der Waals surface area contributed by atoms with Crippen LogP contribution >= 0.6 is 0 Å². The van der Waals surface area contributed by atoms with Gasteiger partial charge in [-0.2, -0.15) is 0 Å². The van der Waals surface area contributed by atoms with Crippen LogP contribution in [-0.2, 0) is 16.1 Å². The van der Waals surface area contributed by atoms with Crippen LogP contribution in [0.3, 0.4) is 0 Å². The number of aromatic nitrogens is 4. The first-order chi connectivity index (χ1) is 8.71. The maximum atomic E-state index is 11.2. The van der Waals surface area contributed by atoms with E-state index in [2.05, 4.69) is 15.5 Å². The van der Waals surface area contributed by atoms with Crippen LogP contribution in [0.25, 0.3) is 0 Å². The van der Waals surface area contributed by atoms with E-state index in [1.165, 1.54) is 0 Å². The highest BCUT2D eigenvalue weighted by atomic mass is 16.5. The lowest BCUT2D eigenvalue weighted by Gasteiger charge is -2.21. The van der Waals surface area contributed by atoms with Crippen LogP contribution in [0, 0.1) is 5.41 Å². The molecule has 0 atom stereocenters. The van der Waals surface area contributed by atoms with Crippen molar-refractivity contribution < 1.29 is 14.6 Å². The minimum absolute atomic E-state index is 0.290. The Morgan fingerprint density at radius 1 is 1.44 bits per heavy atom. The molecule has 1 saturated carbocycles. The quantitative estimate of drug-likeness (QED) is 0.835. The Morgan fingerprint density at radius 2 is 2.17 bits per heavy atom. The summed E-state index contributed by atoms with van der Waals surface area (Å²) in [6.07, 6.45) is 3.24. The van der Waals surface area contributed by atoms with Gasteiger partial charge in [-0.15, -0.1) is 5.10 Å². The van der Waals surface area contributed by atoms with Gasteiger partial charge in [-0.1, -0.05) is 0 Å². The third-order valence-corrected chi connectivity index (χ3v) is 3.91. The van der Waals surface area contributed by atoms with Crippen LogP contribution in [0.5, 0.6) is 0 Å². The van der Waals surface area contributed by atoms with E-state index in [1.807, 2.05) is 0 Å². The van der Waals surface area contributed by atoms with Crippen molar-refractivity contribution in [1.82, 2.24) is 20.2 Å². The highest BCUT2D eigenvalue weighted by Gasteiger charge is 2.51. The predicted octanol–water partition coefficient (Wildman–Crippen LogP) is 0.432. The van der Waals surface area contributed by atoms with Crippen molar-refractivity contribution in [3.05, 3.63) is 5.82 Å². The molecule has 7 nitrogen and oxygen atoms in total. The number of carboxylic acid groups (broad SMARTS) is 1. The summed E-state index contributed by atoms with van der Waals surface area (Å²) in [5, 5.41) is 20.9.